The first kappa shape index (κ1) is 16.7. The Kier molecular flexibility index (Phi) is 5.09. The van der Waals surface area contributed by atoms with Crippen LogP contribution >= 0.6 is 0 Å². The Labute approximate surface area is 145 Å². The minimum absolute atomic E-state index is 0.166. The van der Waals surface area contributed by atoms with Gasteiger partial charge in [-0.1, -0.05) is 29.4 Å². The molecule has 1 heterocycles. The van der Waals surface area contributed by atoms with E-state index in [0.29, 0.717) is 17.0 Å². The lowest BCUT2D eigenvalue weighted by Crippen LogP contribution is -1.99. The van der Waals surface area contributed by atoms with Crippen molar-refractivity contribution in [1.29, 1.82) is 5.26 Å². The molecule has 6 heteroatoms. The molecule has 1 aromatic heterocycles. The molecule has 126 valence electrons. The molecule has 0 saturated carbocycles. The van der Waals surface area contributed by atoms with Crippen molar-refractivity contribution in [1.82, 2.24) is 5.16 Å². The number of benzene rings is 2. The molecule has 0 unspecified atom stereocenters. The number of aromatic nitrogens is 1. The van der Waals surface area contributed by atoms with E-state index in [4.69, 9.17) is 19.6 Å². The van der Waals surface area contributed by atoms with Crippen LogP contribution in [0.15, 0.2) is 53.1 Å². The van der Waals surface area contributed by atoms with Gasteiger partial charge in [0.2, 0.25) is 0 Å². The molecule has 2 N–H and O–H groups in total. The van der Waals surface area contributed by atoms with E-state index in [1.165, 1.54) is 0 Å². The van der Waals surface area contributed by atoms with Crippen LogP contribution in [0.3, 0.4) is 0 Å². The number of rotatable bonds is 6. The lowest BCUT2D eigenvalue weighted by molar-refractivity contribution is -0.0131. The summed E-state index contributed by atoms with van der Waals surface area (Å²) in [6.45, 7) is 1.60. The summed E-state index contributed by atoms with van der Waals surface area (Å²) in [6.07, 6.45) is 0. The van der Waals surface area contributed by atoms with Gasteiger partial charge in [0, 0.05) is 5.69 Å². The van der Waals surface area contributed by atoms with Crippen LogP contribution < -0.4 is 5.32 Å². The zero-order valence-corrected chi connectivity index (χ0v) is 13.7. The van der Waals surface area contributed by atoms with E-state index in [2.05, 4.69) is 16.5 Å². The minimum Gasteiger partial charge on any atom is -0.371 e. The number of aryl methyl sites for hydroxylation is 1. The number of hydrogen-bond acceptors (Lipinski definition) is 6. The molecule has 0 saturated heterocycles. The van der Waals surface area contributed by atoms with Crippen LogP contribution in [0.5, 0.6) is 0 Å². The molecule has 6 nitrogen and oxygen atoms in total. The van der Waals surface area contributed by atoms with Crippen LogP contribution in [0.1, 0.15) is 17.0 Å². The highest BCUT2D eigenvalue weighted by Crippen LogP contribution is 2.27. The van der Waals surface area contributed by atoms with Gasteiger partial charge >= 0.3 is 0 Å². The van der Waals surface area contributed by atoms with Crippen molar-refractivity contribution in [2.75, 3.05) is 12.1 Å². The summed E-state index contributed by atoms with van der Waals surface area (Å²) in [4.78, 5) is 0. The van der Waals surface area contributed by atoms with E-state index < -0.39 is 0 Å². The maximum atomic E-state index is 8.86. The zero-order valence-electron chi connectivity index (χ0n) is 13.7. The second-order valence-corrected chi connectivity index (χ2v) is 5.43. The molecule has 0 atom stereocenters. The number of hydrogen-bond donors (Lipinski definition) is 2. The van der Waals surface area contributed by atoms with Crippen molar-refractivity contribution in [2.24, 2.45) is 0 Å². The van der Waals surface area contributed by atoms with Gasteiger partial charge in [-0.15, -0.1) is 0 Å². The number of nitrogens with zero attached hydrogens (tertiary/aromatic N) is 2. The molecule has 0 bridgehead atoms. The second kappa shape index (κ2) is 7.62. The quantitative estimate of drug-likeness (QED) is 0.667. The van der Waals surface area contributed by atoms with Gasteiger partial charge in [-0.2, -0.15) is 5.26 Å². The summed E-state index contributed by atoms with van der Waals surface area (Å²) in [5.41, 5.74) is 4.96. The van der Waals surface area contributed by atoms with Gasteiger partial charge in [0.05, 0.1) is 18.2 Å². The molecule has 0 spiro atoms. The summed E-state index contributed by atoms with van der Waals surface area (Å²) in [6, 6.07) is 17.5. The first-order valence-electron chi connectivity index (χ1n) is 7.72. The molecule has 0 aliphatic heterocycles. The first-order valence-corrected chi connectivity index (χ1v) is 7.72. The molecule has 25 heavy (non-hydrogen) atoms. The van der Waals surface area contributed by atoms with Crippen molar-refractivity contribution in [3.8, 4) is 17.2 Å². The SMILES string of the molecule is Cc1onc(COCO)c1Nc1ccc(-c2ccc(C#N)cc2)cc1. The third-order valence-electron chi connectivity index (χ3n) is 3.77. The Morgan fingerprint density at radius 2 is 1.76 bits per heavy atom. The van der Waals surface area contributed by atoms with Crippen molar-refractivity contribution in [3.05, 3.63) is 65.5 Å². The Morgan fingerprint density at radius 3 is 2.36 bits per heavy atom. The molecular formula is C19H17N3O3. The minimum atomic E-state index is -0.370. The highest BCUT2D eigenvalue weighted by molar-refractivity contribution is 5.69. The van der Waals surface area contributed by atoms with Crippen LogP contribution in [0.2, 0.25) is 0 Å². The van der Waals surface area contributed by atoms with E-state index in [1.54, 1.807) is 12.1 Å². The van der Waals surface area contributed by atoms with E-state index in [-0.39, 0.29) is 13.4 Å². The van der Waals surface area contributed by atoms with Gasteiger partial charge < -0.3 is 19.7 Å². The van der Waals surface area contributed by atoms with Crippen LogP contribution in [0.4, 0.5) is 11.4 Å². The number of ether oxygens (including phenoxy) is 1. The standard InChI is InChI=1S/C19H17N3O3/c1-13-19(18(22-25-13)11-24-12-23)21-17-8-6-16(7-9-17)15-4-2-14(10-20)3-5-15/h2-9,21,23H,11-12H2,1H3. The third kappa shape index (κ3) is 3.86. The Morgan fingerprint density at radius 1 is 1.12 bits per heavy atom. The Bertz CT molecular complexity index is 878. The van der Waals surface area contributed by atoms with Crippen molar-refractivity contribution < 1.29 is 14.4 Å². The van der Waals surface area contributed by atoms with E-state index in [9.17, 15) is 0 Å². The van der Waals surface area contributed by atoms with Gasteiger partial charge in [0.15, 0.2) is 5.76 Å². The van der Waals surface area contributed by atoms with E-state index in [1.807, 2.05) is 43.3 Å². The summed E-state index contributed by atoms with van der Waals surface area (Å²) >= 11 is 0. The highest BCUT2D eigenvalue weighted by Gasteiger charge is 2.13. The fraction of sp³-hybridized carbons (Fsp3) is 0.158. The predicted octanol–water partition coefficient (Wildman–Crippen LogP) is 3.73. The van der Waals surface area contributed by atoms with Crippen molar-refractivity contribution in [3.63, 3.8) is 0 Å². The fourth-order valence-corrected chi connectivity index (χ4v) is 2.45. The molecule has 3 rings (SSSR count). The molecule has 0 aliphatic rings. The van der Waals surface area contributed by atoms with E-state index >= 15 is 0 Å². The smallest absolute Gasteiger partial charge is 0.157 e. The highest BCUT2D eigenvalue weighted by atomic mass is 16.6. The normalized spacial score (nSPS) is 10.4. The predicted molar refractivity (Wildman–Crippen MR) is 93.0 cm³/mol. The average Bonchev–Trinajstić information content (AvgIpc) is 3.00. The number of anilines is 2. The zero-order chi connectivity index (χ0) is 17.6. The van der Waals surface area contributed by atoms with Crippen molar-refractivity contribution >= 4 is 11.4 Å². The number of nitriles is 1. The van der Waals surface area contributed by atoms with Crippen LogP contribution in [-0.4, -0.2) is 17.1 Å². The molecule has 2 aromatic carbocycles. The number of nitrogens with one attached hydrogen (secondary N) is 1. The second-order valence-electron chi connectivity index (χ2n) is 5.43. The molecule has 0 amide bonds. The molecule has 0 radical (unpaired) electrons. The van der Waals surface area contributed by atoms with Gasteiger partial charge in [-0.05, 0) is 42.3 Å². The summed E-state index contributed by atoms with van der Waals surface area (Å²) < 4.78 is 10.2. The Hall–Kier alpha value is -3.14. The molecule has 0 fully saturated rings. The van der Waals surface area contributed by atoms with Crippen LogP contribution in [0, 0.1) is 18.3 Å². The largest absolute Gasteiger partial charge is 0.371 e. The molecule has 3 aromatic rings. The summed E-state index contributed by atoms with van der Waals surface area (Å²) in [5.74, 6) is 0.646. The maximum absolute atomic E-state index is 8.86. The Balaban J connectivity index is 1.77. The maximum Gasteiger partial charge on any atom is 0.157 e. The number of aliphatic hydroxyl groups excluding tert-OH is 1. The third-order valence-corrected chi connectivity index (χ3v) is 3.77. The summed E-state index contributed by atoms with van der Waals surface area (Å²) in [5, 5.41) is 24.8. The van der Waals surface area contributed by atoms with Crippen LogP contribution in [-0.2, 0) is 11.3 Å². The van der Waals surface area contributed by atoms with Gasteiger partial charge in [0.25, 0.3) is 0 Å². The van der Waals surface area contributed by atoms with Gasteiger partial charge in [0.1, 0.15) is 18.2 Å². The van der Waals surface area contributed by atoms with Gasteiger partial charge in [-0.25, -0.2) is 0 Å². The summed E-state index contributed by atoms with van der Waals surface area (Å²) in [7, 11) is 0. The monoisotopic (exact) mass is 335 g/mol. The lowest BCUT2D eigenvalue weighted by atomic mass is 10.0. The van der Waals surface area contributed by atoms with Crippen LogP contribution in [0.25, 0.3) is 11.1 Å². The fourth-order valence-electron chi connectivity index (χ4n) is 2.45. The average molecular weight is 335 g/mol. The van der Waals surface area contributed by atoms with Gasteiger partial charge in [-0.3, -0.25) is 0 Å². The first-order chi connectivity index (χ1) is 12.2. The topological polar surface area (TPSA) is 91.3 Å². The number of aliphatic hydroxyl groups is 1. The molecular weight excluding hydrogens is 318 g/mol. The lowest BCUT2D eigenvalue weighted by Gasteiger charge is -2.08. The van der Waals surface area contributed by atoms with E-state index in [0.717, 1.165) is 22.5 Å². The molecule has 0 aliphatic carbocycles. The van der Waals surface area contributed by atoms with Crippen molar-refractivity contribution in [2.45, 2.75) is 13.5 Å².